The van der Waals surface area contributed by atoms with Crippen LogP contribution in [0.2, 0.25) is 0 Å². The number of nitrogens with zero attached hydrogens (tertiary/aromatic N) is 2. The van der Waals surface area contributed by atoms with Crippen LogP contribution in [0.3, 0.4) is 0 Å². The number of rotatable bonds is 2. The maximum absolute atomic E-state index is 4.13. The number of benzene rings is 1. The molecule has 0 unspecified atom stereocenters. The molecule has 0 fully saturated rings. The van der Waals surface area contributed by atoms with Crippen LogP contribution in [0.15, 0.2) is 39.7 Å². The number of halogens is 2. The first kappa shape index (κ1) is 11.5. The molecule has 0 amide bonds. The fourth-order valence-electron chi connectivity index (χ4n) is 1.26. The van der Waals surface area contributed by atoms with Gasteiger partial charge < -0.3 is 5.32 Å². The zero-order valence-electron chi connectivity index (χ0n) is 8.54. The Kier molecular flexibility index (Phi) is 3.56. The second-order valence-corrected chi connectivity index (χ2v) is 5.00. The minimum atomic E-state index is 0.756. The molecule has 16 heavy (non-hydrogen) atoms. The van der Waals surface area contributed by atoms with Gasteiger partial charge in [-0.2, -0.15) is 0 Å². The molecule has 3 nitrogen and oxygen atoms in total. The summed E-state index contributed by atoms with van der Waals surface area (Å²) in [7, 11) is 0. The highest BCUT2D eigenvalue weighted by atomic mass is 79.9. The van der Waals surface area contributed by atoms with Gasteiger partial charge in [0, 0.05) is 10.5 Å². The van der Waals surface area contributed by atoms with Crippen LogP contribution in [0.5, 0.6) is 0 Å². The molecule has 0 saturated heterocycles. The molecular weight excluding hydrogens is 334 g/mol. The van der Waals surface area contributed by atoms with Crippen molar-refractivity contribution in [2.45, 2.75) is 6.92 Å². The van der Waals surface area contributed by atoms with Crippen molar-refractivity contribution < 1.29 is 0 Å². The molecule has 0 radical (unpaired) electrons. The van der Waals surface area contributed by atoms with Crippen LogP contribution in [0.25, 0.3) is 0 Å². The maximum atomic E-state index is 4.13. The van der Waals surface area contributed by atoms with Crippen molar-refractivity contribution in [3.05, 3.63) is 45.2 Å². The van der Waals surface area contributed by atoms with Crippen LogP contribution in [0, 0.1) is 6.92 Å². The molecule has 2 aromatic rings. The Morgan fingerprint density at radius 3 is 2.62 bits per heavy atom. The van der Waals surface area contributed by atoms with Gasteiger partial charge in [-0.3, -0.25) is 0 Å². The molecule has 2 rings (SSSR count). The minimum absolute atomic E-state index is 0.756. The number of hydrogen-bond donors (Lipinski definition) is 1. The molecule has 0 spiro atoms. The maximum Gasteiger partial charge on any atom is 0.134 e. The average molecular weight is 343 g/mol. The molecule has 0 aliphatic heterocycles. The average Bonchev–Trinajstić information content (AvgIpc) is 2.22. The fraction of sp³-hybridized carbons (Fsp3) is 0.0909. The van der Waals surface area contributed by atoms with Gasteiger partial charge in [-0.25, -0.2) is 9.97 Å². The van der Waals surface area contributed by atoms with E-state index in [1.807, 2.05) is 18.2 Å². The molecule has 1 aromatic heterocycles. The molecule has 5 heteroatoms. The van der Waals surface area contributed by atoms with Gasteiger partial charge in [0.25, 0.3) is 0 Å². The van der Waals surface area contributed by atoms with Crippen LogP contribution in [0.1, 0.15) is 5.56 Å². The minimum Gasteiger partial charge on any atom is -0.339 e. The number of aromatic nitrogens is 2. The summed E-state index contributed by atoms with van der Waals surface area (Å²) in [6.07, 6.45) is 1.51. The monoisotopic (exact) mass is 341 g/mol. The van der Waals surface area contributed by atoms with E-state index in [0.29, 0.717) is 0 Å². The van der Waals surface area contributed by atoms with Gasteiger partial charge in [0.1, 0.15) is 16.7 Å². The molecule has 0 atom stereocenters. The SMILES string of the molecule is Cc1ccc(Nc2cc(Br)ncn2)c(Br)c1. The summed E-state index contributed by atoms with van der Waals surface area (Å²) in [4.78, 5) is 8.10. The van der Waals surface area contributed by atoms with Crippen molar-refractivity contribution in [2.24, 2.45) is 0 Å². The van der Waals surface area contributed by atoms with Gasteiger partial charge in [0.2, 0.25) is 0 Å². The van der Waals surface area contributed by atoms with E-state index < -0.39 is 0 Å². The highest BCUT2D eigenvalue weighted by molar-refractivity contribution is 9.10. The molecule has 0 saturated carbocycles. The second-order valence-electron chi connectivity index (χ2n) is 3.33. The van der Waals surface area contributed by atoms with E-state index in [0.717, 1.165) is 20.6 Å². The van der Waals surface area contributed by atoms with Crippen LogP contribution in [-0.2, 0) is 0 Å². The smallest absolute Gasteiger partial charge is 0.134 e. The lowest BCUT2D eigenvalue weighted by Crippen LogP contribution is -1.95. The number of aryl methyl sites for hydroxylation is 1. The van der Waals surface area contributed by atoms with Crippen LogP contribution in [0.4, 0.5) is 11.5 Å². The van der Waals surface area contributed by atoms with Gasteiger partial charge in [0.05, 0.1) is 5.69 Å². The lowest BCUT2D eigenvalue weighted by atomic mass is 10.2. The molecule has 0 aliphatic rings. The van der Waals surface area contributed by atoms with E-state index in [-0.39, 0.29) is 0 Å². The predicted octanol–water partition coefficient (Wildman–Crippen LogP) is 4.05. The standard InChI is InChI=1S/C11H9Br2N3/c1-7-2-3-9(8(12)4-7)16-11-5-10(13)14-6-15-11/h2-6H,1H3,(H,14,15,16). The lowest BCUT2D eigenvalue weighted by molar-refractivity contribution is 1.14. The third-order valence-electron chi connectivity index (χ3n) is 2.02. The molecule has 1 aromatic carbocycles. The van der Waals surface area contributed by atoms with Crippen molar-refractivity contribution in [1.82, 2.24) is 9.97 Å². The predicted molar refractivity (Wildman–Crippen MR) is 71.9 cm³/mol. The summed E-state index contributed by atoms with van der Waals surface area (Å²) in [5, 5.41) is 3.21. The quantitative estimate of drug-likeness (QED) is 0.836. The summed E-state index contributed by atoms with van der Waals surface area (Å²) in [6.45, 7) is 2.05. The number of hydrogen-bond acceptors (Lipinski definition) is 3. The Morgan fingerprint density at radius 2 is 1.94 bits per heavy atom. The second kappa shape index (κ2) is 4.93. The van der Waals surface area contributed by atoms with Crippen molar-refractivity contribution in [1.29, 1.82) is 0 Å². The summed E-state index contributed by atoms with van der Waals surface area (Å²) in [5.41, 5.74) is 2.19. The van der Waals surface area contributed by atoms with Crippen molar-refractivity contribution in [3.8, 4) is 0 Å². The molecular formula is C11H9Br2N3. The first-order valence-corrected chi connectivity index (χ1v) is 6.24. The largest absolute Gasteiger partial charge is 0.339 e. The van der Waals surface area contributed by atoms with Gasteiger partial charge >= 0.3 is 0 Å². The van der Waals surface area contributed by atoms with Gasteiger partial charge in [-0.05, 0) is 56.5 Å². The summed E-state index contributed by atoms with van der Waals surface area (Å²) in [5.74, 6) is 0.756. The van der Waals surface area contributed by atoms with E-state index in [2.05, 4.69) is 60.1 Å². The summed E-state index contributed by atoms with van der Waals surface area (Å²) < 4.78 is 1.77. The van der Waals surface area contributed by atoms with Crippen LogP contribution < -0.4 is 5.32 Å². The Labute approximate surface area is 111 Å². The van der Waals surface area contributed by atoms with E-state index in [1.165, 1.54) is 11.9 Å². The molecule has 0 aliphatic carbocycles. The topological polar surface area (TPSA) is 37.8 Å². The van der Waals surface area contributed by atoms with Crippen LogP contribution >= 0.6 is 31.9 Å². The van der Waals surface area contributed by atoms with Crippen molar-refractivity contribution in [2.75, 3.05) is 5.32 Å². The Balaban J connectivity index is 2.27. The number of anilines is 2. The summed E-state index contributed by atoms with van der Waals surface area (Å²) in [6, 6.07) is 7.93. The number of nitrogens with one attached hydrogen (secondary N) is 1. The third kappa shape index (κ3) is 2.80. The molecule has 1 N–H and O–H groups in total. The zero-order valence-corrected chi connectivity index (χ0v) is 11.7. The highest BCUT2D eigenvalue weighted by Crippen LogP contribution is 2.26. The van der Waals surface area contributed by atoms with E-state index in [4.69, 9.17) is 0 Å². The first-order chi connectivity index (χ1) is 7.65. The lowest BCUT2D eigenvalue weighted by Gasteiger charge is -2.08. The Hall–Kier alpha value is -0.940. The highest BCUT2D eigenvalue weighted by Gasteiger charge is 2.01. The van der Waals surface area contributed by atoms with Crippen molar-refractivity contribution >= 4 is 43.4 Å². The van der Waals surface area contributed by atoms with E-state index in [1.54, 1.807) is 0 Å². The Bertz CT molecular complexity index is 514. The zero-order chi connectivity index (χ0) is 11.5. The molecule has 0 bridgehead atoms. The third-order valence-corrected chi connectivity index (χ3v) is 3.11. The normalized spacial score (nSPS) is 10.2. The van der Waals surface area contributed by atoms with Gasteiger partial charge in [-0.1, -0.05) is 6.07 Å². The van der Waals surface area contributed by atoms with Gasteiger partial charge in [-0.15, -0.1) is 0 Å². The Morgan fingerprint density at radius 1 is 1.12 bits per heavy atom. The molecule has 82 valence electrons. The van der Waals surface area contributed by atoms with Gasteiger partial charge in [0.15, 0.2) is 0 Å². The van der Waals surface area contributed by atoms with E-state index in [9.17, 15) is 0 Å². The van der Waals surface area contributed by atoms with Crippen LogP contribution in [-0.4, -0.2) is 9.97 Å². The first-order valence-electron chi connectivity index (χ1n) is 4.66. The van der Waals surface area contributed by atoms with Crippen molar-refractivity contribution in [3.63, 3.8) is 0 Å². The van der Waals surface area contributed by atoms with E-state index >= 15 is 0 Å². The summed E-state index contributed by atoms with van der Waals surface area (Å²) >= 11 is 6.81. The molecule has 1 heterocycles. The fourth-order valence-corrected chi connectivity index (χ4v) is 2.16.